The van der Waals surface area contributed by atoms with E-state index in [1.165, 1.54) is 29.2 Å². The number of carbonyl (C=O) groups is 2. The van der Waals surface area contributed by atoms with Crippen LogP contribution < -0.4 is 5.32 Å². The molecular weight excluding hydrogens is 302 g/mol. The second kappa shape index (κ2) is 5.53. The summed E-state index contributed by atoms with van der Waals surface area (Å²) >= 11 is 0. The van der Waals surface area contributed by atoms with Crippen molar-refractivity contribution >= 4 is 23.4 Å². The first-order chi connectivity index (χ1) is 10.9. The number of hydrogen-bond acceptors (Lipinski definition) is 4. The Morgan fingerprint density at radius 3 is 2.61 bits per heavy atom. The van der Waals surface area contributed by atoms with Crippen molar-refractivity contribution in [2.75, 3.05) is 18.4 Å². The van der Waals surface area contributed by atoms with Gasteiger partial charge in [0.25, 0.3) is 5.69 Å². The number of amides is 2. The molecule has 1 aliphatic carbocycles. The zero-order valence-corrected chi connectivity index (χ0v) is 12.4. The van der Waals surface area contributed by atoms with Gasteiger partial charge in [-0.3, -0.25) is 14.9 Å². The molecule has 1 heterocycles. The molecule has 8 heteroatoms. The number of non-ortho nitro benzene ring substituents is 1. The molecule has 1 aliphatic heterocycles. The minimum atomic E-state index is -0.828. The number of carboxylic acids is 1. The SMILES string of the molecule is O=C(Nc1ccc([N+](=O)[O-])cc1)N1C[C@@H]2CCC[C@@]2(C(=O)O)C1. The summed E-state index contributed by atoms with van der Waals surface area (Å²) in [5.74, 6) is -0.826. The summed E-state index contributed by atoms with van der Waals surface area (Å²) in [6.07, 6.45) is 2.32. The van der Waals surface area contributed by atoms with Gasteiger partial charge in [0.15, 0.2) is 0 Å². The number of urea groups is 1. The fraction of sp³-hybridized carbons (Fsp3) is 0.467. The average molecular weight is 319 g/mol. The number of anilines is 1. The highest BCUT2D eigenvalue weighted by Gasteiger charge is 2.55. The average Bonchev–Trinajstić information content (AvgIpc) is 3.05. The van der Waals surface area contributed by atoms with Crippen LogP contribution in [0, 0.1) is 21.4 Å². The molecule has 1 aromatic carbocycles. The zero-order valence-electron chi connectivity index (χ0n) is 12.4. The topological polar surface area (TPSA) is 113 Å². The van der Waals surface area contributed by atoms with E-state index >= 15 is 0 Å². The van der Waals surface area contributed by atoms with Crippen LogP contribution in [0.4, 0.5) is 16.2 Å². The number of nitrogens with one attached hydrogen (secondary N) is 1. The number of carbonyl (C=O) groups excluding carboxylic acids is 1. The van der Waals surface area contributed by atoms with Gasteiger partial charge in [0.1, 0.15) is 0 Å². The normalized spacial score (nSPS) is 25.9. The van der Waals surface area contributed by atoms with Crippen LogP contribution in [0.5, 0.6) is 0 Å². The zero-order chi connectivity index (χ0) is 16.6. The second-order valence-electron chi connectivity index (χ2n) is 6.17. The molecule has 2 aliphatic rings. The third-order valence-corrected chi connectivity index (χ3v) is 4.91. The van der Waals surface area contributed by atoms with E-state index in [2.05, 4.69) is 5.32 Å². The largest absolute Gasteiger partial charge is 0.481 e. The molecule has 3 rings (SSSR count). The Kier molecular flexibility index (Phi) is 3.67. The molecular formula is C15H17N3O5. The van der Waals surface area contributed by atoms with Crippen molar-refractivity contribution in [3.63, 3.8) is 0 Å². The van der Waals surface area contributed by atoms with Crippen LogP contribution in [0.2, 0.25) is 0 Å². The maximum Gasteiger partial charge on any atom is 0.321 e. The first kappa shape index (κ1) is 15.3. The molecule has 2 amide bonds. The molecule has 2 N–H and O–H groups in total. The van der Waals surface area contributed by atoms with Crippen molar-refractivity contribution in [2.24, 2.45) is 11.3 Å². The van der Waals surface area contributed by atoms with Gasteiger partial charge in [-0.2, -0.15) is 0 Å². The molecule has 0 bridgehead atoms. The number of hydrogen-bond donors (Lipinski definition) is 2. The van der Waals surface area contributed by atoms with Crippen LogP contribution in [-0.4, -0.2) is 40.0 Å². The van der Waals surface area contributed by atoms with Crippen LogP contribution in [0.15, 0.2) is 24.3 Å². The summed E-state index contributed by atoms with van der Waals surface area (Å²) in [5, 5.41) is 22.8. The first-order valence-corrected chi connectivity index (χ1v) is 7.46. The second-order valence-corrected chi connectivity index (χ2v) is 6.17. The Morgan fingerprint density at radius 1 is 1.35 bits per heavy atom. The Balaban J connectivity index is 1.68. The van der Waals surface area contributed by atoms with Gasteiger partial charge in [0.2, 0.25) is 0 Å². The Hall–Kier alpha value is -2.64. The number of rotatable bonds is 3. The number of likely N-dealkylation sites (tertiary alicyclic amines) is 1. The van der Waals surface area contributed by atoms with Crippen LogP contribution in [0.3, 0.4) is 0 Å². The molecule has 23 heavy (non-hydrogen) atoms. The van der Waals surface area contributed by atoms with E-state index in [1.54, 1.807) is 0 Å². The maximum atomic E-state index is 12.3. The van der Waals surface area contributed by atoms with E-state index in [0.29, 0.717) is 18.7 Å². The Morgan fingerprint density at radius 2 is 2.04 bits per heavy atom. The fourth-order valence-electron chi connectivity index (χ4n) is 3.66. The van der Waals surface area contributed by atoms with Crippen molar-refractivity contribution in [1.29, 1.82) is 0 Å². The molecule has 0 radical (unpaired) electrons. The number of carboxylic acid groups (broad SMARTS) is 1. The quantitative estimate of drug-likeness (QED) is 0.655. The summed E-state index contributed by atoms with van der Waals surface area (Å²) < 4.78 is 0. The smallest absolute Gasteiger partial charge is 0.321 e. The van der Waals surface area contributed by atoms with Gasteiger partial charge in [-0.05, 0) is 30.9 Å². The number of nitro benzene ring substituents is 1. The predicted molar refractivity (Wildman–Crippen MR) is 81.1 cm³/mol. The molecule has 2 atom stereocenters. The lowest BCUT2D eigenvalue weighted by Crippen LogP contribution is -2.38. The lowest BCUT2D eigenvalue weighted by atomic mass is 9.81. The summed E-state index contributed by atoms with van der Waals surface area (Å²) in [5.41, 5.74) is -0.419. The van der Waals surface area contributed by atoms with Crippen molar-refractivity contribution in [1.82, 2.24) is 4.90 Å². The molecule has 0 spiro atoms. The van der Waals surface area contributed by atoms with Gasteiger partial charge in [-0.1, -0.05) is 6.42 Å². The monoisotopic (exact) mass is 319 g/mol. The lowest BCUT2D eigenvalue weighted by molar-refractivity contribution is -0.384. The van der Waals surface area contributed by atoms with Crippen molar-refractivity contribution in [3.8, 4) is 0 Å². The highest BCUT2D eigenvalue weighted by atomic mass is 16.6. The number of aliphatic carboxylic acids is 1. The van der Waals surface area contributed by atoms with Crippen molar-refractivity contribution < 1.29 is 19.6 Å². The molecule has 2 fully saturated rings. The van der Waals surface area contributed by atoms with Gasteiger partial charge in [-0.25, -0.2) is 4.79 Å². The summed E-state index contributed by atoms with van der Waals surface area (Å²) in [4.78, 5) is 35.6. The van der Waals surface area contributed by atoms with Gasteiger partial charge in [0.05, 0.1) is 10.3 Å². The highest BCUT2D eigenvalue weighted by molar-refractivity contribution is 5.90. The van der Waals surface area contributed by atoms with E-state index in [4.69, 9.17) is 0 Å². The Labute approximate surface area is 132 Å². The van der Waals surface area contributed by atoms with Crippen LogP contribution in [-0.2, 0) is 4.79 Å². The van der Waals surface area contributed by atoms with Gasteiger partial charge in [0, 0.05) is 30.9 Å². The van der Waals surface area contributed by atoms with E-state index in [0.717, 1.165) is 12.8 Å². The summed E-state index contributed by atoms with van der Waals surface area (Å²) in [6.45, 7) is 0.650. The molecule has 0 aromatic heterocycles. The van der Waals surface area contributed by atoms with Gasteiger partial charge < -0.3 is 15.3 Å². The number of nitro groups is 1. The number of fused-ring (bicyclic) bond motifs is 1. The van der Waals surface area contributed by atoms with Gasteiger partial charge >= 0.3 is 12.0 Å². The van der Waals surface area contributed by atoms with E-state index < -0.39 is 16.3 Å². The standard InChI is InChI=1S/C15H17N3O5/c19-13(20)15-7-1-2-10(15)8-17(9-15)14(21)16-11-3-5-12(6-4-11)18(22)23/h3-6,10H,1-2,7-9H2,(H,16,21)(H,19,20)/t10-,15+/m0/s1. The third kappa shape index (κ3) is 2.60. The Bertz CT molecular complexity index is 660. The summed E-state index contributed by atoms with van der Waals surface area (Å²) in [7, 11) is 0. The van der Waals surface area contributed by atoms with Crippen molar-refractivity contribution in [3.05, 3.63) is 34.4 Å². The summed E-state index contributed by atoms with van der Waals surface area (Å²) in [6, 6.07) is 5.17. The molecule has 1 saturated heterocycles. The minimum absolute atomic E-state index is 0.00242. The molecule has 122 valence electrons. The minimum Gasteiger partial charge on any atom is -0.481 e. The highest BCUT2D eigenvalue weighted by Crippen LogP contribution is 2.48. The van der Waals surface area contributed by atoms with Gasteiger partial charge in [-0.15, -0.1) is 0 Å². The van der Waals surface area contributed by atoms with E-state index in [-0.39, 0.29) is 24.2 Å². The predicted octanol–water partition coefficient (Wildman–Crippen LogP) is 2.31. The van der Waals surface area contributed by atoms with E-state index in [1.807, 2.05) is 0 Å². The third-order valence-electron chi connectivity index (χ3n) is 4.91. The maximum absolute atomic E-state index is 12.3. The van der Waals surface area contributed by atoms with Crippen LogP contribution in [0.1, 0.15) is 19.3 Å². The molecule has 1 saturated carbocycles. The number of benzene rings is 1. The first-order valence-electron chi connectivity index (χ1n) is 7.46. The lowest BCUT2D eigenvalue weighted by Gasteiger charge is -2.23. The molecule has 1 aromatic rings. The number of nitrogens with zero attached hydrogens (tertiary/aromatic N) is 2. The fourth-order valence-corrected chi connectivity index (χ4v) is 3.66. The molecule has 0 unspecified atom stereocenters. The molecule has 8 nitrogen and oxygen atoms in total. The van der Waals surface area contributed by atoms with Crippen LogP contribution in [0.25, 0.3) is 0 Å². The van der Waals surface area contributed by atoms with Crippen molar-refractivity contribution in [2.45, 2.75) is 19.3 Å². The van der Waals surface area contributed by atoms with Crippen LogP contribution >= 0.6 is 0 Å². The van der Waals surface area contributed by atoms with E-state index in [9.17, 15) is 24.8 Å².